The molecule has 1 N–H and O–H groups in total. The molecule has 39 heavy (non-hydrogen) atoms. The molecule has 1 aliphatic heterocycles. The van der Waals surface area contributed by atoms with Crippen LogP contribution in [0.1, 0.15) is 50.8 Å². The molecule has 0 spiro atoms. The summed E-state index contributed by atoms with van der Waals surface area (Å²) in [5, 5.41) is 11.2. The number of aliphatic hydroxyl groups excluding tert-OH is 1. The summed E-state index contributed by atoms with van der Waals surface area (Å²) in [7, 11) is 0. The van der Waals surface area contributed by atoms with Gasteiger partial charge in [-0.25, -0.2) is 9.37 Å². The van der Waals surface area contributed by atoms with Crippen LogP contribution in [0.25, 0.3) is 5.76 Å². The number of Topliss-reactive ketones (excluding diaryl/α,β-unsaturated/α-hetero) is 1. The minimum atomic E-state index is -0.859. The molecule has 2 aromatic carbocycles. The van der Waals surface area contributed by atoms with Gasteiger partial charge in [0, 0.05) is 31.0 Å². The fourth-order valence-electron chi connectivity index (χ4n) is 4.55. The van der Waals surface area contributed by atoms with Crippen LogP contribution >= 0.6 is 0 Å². The van der Waals surface area contributed by atoms with Gasteiger partial charge in [0.25, 0.3) is 11.7 Å². The van der Waals surface area contributed by atoms with E-state index in [9.17, 15) is 19.1 Å². The van der Waals surface area contributed by atoms with Crippen molar-refractivity contribution in [2.75, 3.05) is 19.8 Å². The molecule has 0 bridgehead atoms. The van der Waals surface area contributed by atoms with E-state index >= 15 is 0 Å². The van der Waals surface area contributed by atoms with Gasteiger partial charge in [-0.15, -0.1) is 0 Å². The Hall–Kier alpha value is -4.14. The van der Waals surface area contributed by atoms with Crippen molar-refractivity contribution < 1.29 is 28.6 Å². The highest BCUT2D eigenvalue weighted by Gasteiger charge is 2.46. The Labute approximate surface area is 227 Å². The number of benzene rings is 2. The number of ketones is 1. The van der Waals surface area contributed by atoms with E-state index < -0.39 is 23.5 Å². The molecule has 1 saturated heterocycles. The Bertz CT molecular complexity index is 1320. The van der Waals surface area contributed by atoms with E-state index in [-0.39, 0.29) is 23.4 Å². The molecule has 4 rings (SSSR count). The van der Waals surface area contributed by atoms with Gasteiger partial charge in [0.1, 0.15) is 11.6 Å². The molecular weight excluding hydrogens is 501 g/mol. The molecular formula is C30H34FN3O5. The van der Waals surface area contributed by atoms with Crippen molar-refractivity contribution in [1.82, 2.24) is 14.5 Å². The molecule has 1 aromatic heterocycles. The van der Waals surface area contributed by atoms with Crippen LogP contribution in [-0.2, 0) is 16.1 Å². The second-order valence-electron chi connectivity index (χ2n) is 9.82. The molecule has 3 aromatic rings. The Morgan fingerprint density at radius 1 is 1.08 bits per heavy atom. The van der Waals surface area contributed by atoms with Crippen molar-refractivity contribution in [3.8, 4) is 11.5 Å². The predicted octanol–water partition coefficient (Wildman–Crippen LogP) is 5.36. The first-order valence-electron chi connectivity index (χ1n) is 13.2. The number of aliphatic hydroxyl groups is 1. The van der Waals surface area contributed by atoms with Gasteiger partial charge in [-0.3, -0.25) is 9.59 Å². The summed E-state index contributed by atoms with van der Waals surface area (Å²) in [5.41, 5.74) is 0.793. The highest BCUT2D eigenvalue weighted by Crippen LogP contribution is 2.42. The summed E-state index contributed by atoms with van der Waals surface area (Å²) in [5.74, 6) is -0.790. The molecule has 1 aliphatic rings. The van der Waals surface area contributed by atoms with Crippen LogP contribution in [-0.4, -0.2) is 51.0 Å². The van der Waals surface area contributed by atoms with Gasteiger partial charge in [0.05, 0.1) is 31.2 Å². The molecule has 1 fully saturated rings. The van der Waals surface area contributed by atoms with Gasteiger partial charge >= 0.3 is 0 Å². The zero-order valence-electron chi connectivity index (χ0n) is 22.5. The number of aryl methyl sites for hydroxylation is 1. The summed E-state index contributed by atoms with van der Waals surface area (Å²) in [6.07, 6.45) is 6.63. The van der Waals surface area contributed by atoms with Crippen LogP contribution in [0.2, 0.25) is 0 Å². The number of amides is 1. The summed E-state index contributed by atoms with van der Waals surface area (Å²) >= 11 is 0. The lowest BCUT2D eigenvalue weighted by Gasteiger charge is -2.26. The SMILES string of the molecule is CCOc1cc(C2C(=C(O)c3ccc(F)cc3)C(=O)C(=O)N2CCCn2ccnc2)ccc1OCCC(C)C. The van der Waals surface area contributed by atoms with E-state index in [1.807, 2.05) is 17.7 Å². The number of hydrogen-bond donors (Lipinski definition) is 1. The van der Waals surface area contributed by atoms with E-state index in [1.54, 1.807) is 30.7 Å². The van der Waals surface area contributed by atoms with Crippen molar-refractivity contribution in [2.24, 2.45) is 5.92 Å². The van der Waals surface area contributed by atoms with Crippen molar-refractivity contribution in [3.63, 3.8) is 0 Å². The summed E-state index contributed by atoms with van der Waals surface area (Å²) < 4.78 is 27.3. The third-order valence-electron chi connectivity index (χ3n) is 6.57. The fourth-order valence-corrected chi connectivity index (χ4v) is 4.55. The second-order valence-corrected chi connectivity index (χ2v) is 9.82. The maximum atomic E-state index is 13.6. The number of hydrogen-bond acceptors (Lipinski definition) is 6. The van der Waals surface area contributed by atoms with Crippen LogP contribution in [0.3, 0.4) is 0 Å². The van der Waals surface area contributed by atoms with Crippen molar-refractivity contribution in [1.29, 1.82) is 0 Å². The average Bonchev–Trinajstić information content (AvgIpc) is 3.52. The molecule has 2 heterocycles. The zero-order chi connectivity index (χ0) is 27.9. The molecule has 206 valence electrons. The third-order valence-corrected chi connectivity index (χ3v) is 6.57. The largest absolute Gasteiger partial charge is 0.507 e. The minimum absolute atomic E-state index is 0.0508. The molecule has 9 heteroatoms. The quantitative estimate of drug-likeness (QED) is 0.191. The highest BCUT2D eigenvalue weighted by atomic mass is 19.1. The number of carbonyl (C=O) groups excluding carboxylic acids is 2. The van der Waals surface area contributed by atoms with Crippen LogP contribution in [0.4, 0.5) is 4.39 Å². The first-order valence-corrected chi connectivity index (χ1v) is 13.2. The molecule has 0 saturated carbocycles. The van der Waals surface area contributed by atoms with Crippen LogP contribution < -0.4 is 9.47 Å². The standard InChI is InChI=1S/C30H34FN3O5/c1-4-38-25-18-22(8-11-24(25)39-17-12-20(2)3)27-26(28(35)21-6-9-23(31)10-7-21)29(36)30(37)34(27)15-5-14-33-16-13-32-19-33/h6-11,13,16,18-20,27,35H,4-5,12,14-15,17H2,1-3H3. The Balaban J connectivity index is 1.73. The third kappa shape index (κ3) is 6.47. The molecule has 1 atom stereocenters. The average molecular weight is 536 g/mol. The van der Waals surface area contributed by atoms with Gasteiger partial charge in [0.2, 0.25) is 0 Å². The molecule has 8 nitrogen and oxygen atoms in total. The van der Waals surface area contributed by atoms with Crippen LogP contribution in [0.15, 0.2) is 66.8 Å². The Kier molecular flexibility index (Phi) is 9.01. The predicted molar refractivity (Wildman–Crippen MR) is 145 cm³/mol. The number of ether oxygens (including phenoxy) is 2. The molecule has 1 amide bonds. The van der Waals surface area contributed by atoms with Crippen LogP contribution in [0.5, 0.6) is 11.5 Å². The molecule has 1 unspecified atom stereocenters. The first-order chi connectivity index (χ1) is 18.8. The van der Waals surface area contributed by atoms with Gasteiger partial charge in [0.15, 0.2) is 11.5 Å². The molecule has 0 radical (unpaired) electrons. The minimum Gasteiger partial charge on any atom is -0.507 e. The monoisotopic (exact) mass is 535 g/mol. The second kappa shape index (κ2) is 12.6. The number of likely N-dealkylation sites (tertiary alicyclic amines) is 1. The van der Waals surface area contributed by atoms with Crippen molar-refractivity contribution >= 4 is 17.4 Å². The Morgan fingerprint density at radius 3 is 2.51 bits per heavy atom. The molecule has 0 aliphatic carbocycles. The lowest BCUT2D eigenvalue weighted by molar-refractivity contribution is -0.139. The number of rotatable bonds is 12. The number of halogens is 1. The van der Waals surface area contributed by atoms with Gasteiger partial charge < -0.3 is 24.0 Å². The smallest absolute Gasteiger partial charge is 0.295 e. The number of carbonyl (C=O) groups is 2. The van der Waals surface area contributed by atoms with Crippen molar-refractivity contribution in [2.45, 2.75) is 46.2 Å². The van der Waals surface area contributed by atoms with Gasteiger partial charge in [-0.2, -0.15) is 0 Å². The normalized spacial score (nSPS) is 16.7. The highest BCUT2D eigenvalue weighted by molar-refractivity contribution is 6.46. The van der Waals surface area contributed by atoms with E-state index in [4.69, 9.17) is 9.47 Å². The Morgan fingerprint density at radius 2 is 1.85 bits per heavy atom. The lowest BCUT2D eigenvalue weighted by atomic mass is 9.95. The summed E-state index contributed by atoms with van der Waals surface area (Å²) in [6, 6.07) is 9.60. The van der Waals surface area contributed by atoms with Gasteiger partial charge in [-0.05, 0) is 67.6 Å². The summed E-state index contributed by atoms with van der Waals surface area (Å²) in [4.78, 5) is 32.1. The van der Waals surface area contributed by atoms with Gasteiger partial charge in [-0.1, -0.05) is 19.9 Å². The number of nitrogens with zero attached hydrogens (tertiary/aromatic N) is 3. The number of imidazole rings is 1. The zero-order valence-corrected chi connectivity index (χ0v) is 22.5. The topological polar surface area (TPSA) is 93.9 Å². The van der Waals surface area contributed by atoms with E-state index in [1.165, 1.54) is 29.2 Å². The fraction of sp³-hybridized carbons (Fsp3) is 0.367. The van der Waals surface area contributed by atoms with Crippen LogP contribution in [0, 0.1) is 11.7 Å². The lowest BCUT2D eigenvalue weighted by Crippen LogP contribution is -2.31. The van der Waals surface area contributed by atoms with E-state index in [2.05, 4.69) is 18.8 Å². The summed E-state index contributed by atoms with van der Waals surface area (Å²) in [6.45, 7) is 7.88. The maximum Gasteiger partial charge on any atom is 0.295 e. The van der Waals surface area contributed by atoms with E-state index in [0.717, 1.165) is 6.42 Å². The van der Waals surface area contributed by atoms with E-state index in [0.29, 0.717) is 49.2 Å². The number of aromatic nitrogens is 2. The van der Waals surface area contributed by atoms with Crippen molar-refractivity contribution in [3.05, 3.63) is 83.7 Å². The first kappa shape index (κ1) is 27.9. The maximum absolute atomic E-state index is 13.6.